The van der Waals surface area contributed by atoms with Crippen molar-refractivity contribution in [3.05, 3.63) is 67.6 Å². The quantitative estimate of drug-likeness (QED) is 0.588. The van der Waals surface area contributed by atoms with Crippen molar-refractivity contribution in [1.82, 2.24) is 16.0 Å². The monoisotopic (exact) mass is 461 g/mol. The molecule has 28 heavy (non-hydrogen) atoms. The molecule has 0 fully saturated rings. The molecule has 2 aromatic carbocycles. The lowest BCUT2D eigenvalue weighted by Crippen LogP contribution is -2.41. The minimum absolute atomic E-state index is 0.172. The van der Waals surface area contributed by atoms with Crippen LogP contribution in [0.15, 0.2) is 36.4 Å². The first-order chi connectivity index (χ1) is 13.3. The van der Waals surface area contributed by atoms with Gasteiger partial charge in [-0.15, -0.1) is 0 Å². The number of carbonyl (C=O) groups excluding carboxylic acids is 3. The molecule has 3 amide bonds. The van der Waals surface area contributed by atoms with Gasteiger partial charge in [0.25, 0.3) is 5.91 Å². The standard InChI is InChI=1S/C18H15Cl4N3O3/c19-11-2-1-10(14(21)5-11)7-23-16(26)8-24-17(27)9-25-18(28)13-4-3-12(20)6-15(13)22/h1-6H,7-9H2,(H,23,26)(H,24,27)(H,25,28). The Morgan fingerprint density at radius 3 is 1.93 bits per heavy atom. The second kappa shape index (κ2) is 10.5. The summed E-state index contributed by atoms with van der Waals surface area (Å²) in [6.45, 7) is -0.369. The van der Waals surface area contributed by atoms with Gasteiger partial charge in [-0.3, -0.25) is 14.4 Å². The third-order valence-electron chi connectivity index (χ3n) is 3.52. The first kappa shape index (κ1) is 22.3. The molecule has 0 aromatic heterocycles. The van der Waals surface area contributed by atoms with Crippen molar-refractivity contribution in [2.75, 3.05) is 13.1 Å². The topological polar surface area (TPSA) is 87.3 Å². The maximum absolute atomic E-state index is 12.0. The minimum Gasteiger partial charge on any atom is -0.350 e. The molecule has 6 nitrogen and oxygen atoms in total. The molecule has 0 aliphatic heterocycles. The van der Waals surface area contributed by atoms with E-state index in [1.165, 1.54) is 18.2 Å². The van der Waals surface area contributed by atoms with E-state index in [-0.39, 0.29) is 30.2 Å². The lowest BCUT2D eigenvalue weighted by Gasteiger charge is -2.09. The van der Waals surface area contributed by atoms with Crippen LogP contribution in [0.4, 0.5) is 0 Å². The van der Waals surface area contributed by atoms with Crippen LogP contribution in [0.5, 0.6) is 0 Å². The van der Waals surface area contributed by atoms with E-state index in [4.69, 9.17) is 46.4 Å². The van der Waals surface area contributed by atoms with Crippen molar-refractivity contribution in [3.63, 3.8) is 0 Å². The molecule has 0 aliphatic carbocycles. The van der Waals surface area contributed by atoms with Crippen molar-refractivity contribution in [1.29, 1.82) is 0 Å². The van der Waals surface area contributed by atoms with Gasteiger partial charge >= 0.3 is 0 Å². The molecule has 0 heterocycles. The predicted octanol–water partition coefficient (Wildman–Crippen LogP) is 3.46. The smallest absolute Gasteiger partial charge is 0.253 e. The second-order valence-electron chi connectivity index (χ2n) is 5.60. The van der Waals surface area contributed by atoms with Gasteiger partial charge in [-0.1, -0.05) is 52.5 Å². The molecule has 2 rings (SSSR count). The Hall–Kier alpha value is -1.99. The highest BCUT2D eigenvalue weighted by molar-refractivity contribution is 6.37. The van der Waals surface area contributed by atoms with Gasteiger partial charge in [0.2, 0.25) is 11.8 Å². The van der Waals surface area contributed by atoms with Crippen molar-refractivity contribution in [2.24, 2.45) is 0 Å². The lowest BCUT2D eigenvalue weighted by molar-refractivity contribution is -0.125. The first-order valence-corrected chi connectivity index (χ1v) is 9.48. The SMILES string of the molecule is O=C(CNC(=O)CNC(=O)c1ccc(Cl)cc1Cl)NCc1ccc(Cl)cc1Cl. The first-order valence-electron chi connectivity index (χ1n) is 7.97. The number of halogens is 4. The van der Waals surface area contributed by atoms with Crippen LogP contribution < -0.4 is 16.0 Å². The van der Waals surface area contributed by atoms with Crippen molar-refractivity contribution < 1.29 is 14.4 Å². The van der Waals surface area contributed by atoms with Crippen molar-refractivity contribution in [2.45, 2.75) is 6.54 Å². The van der Waals surface area contributed by atoms with E-state index in [0.29, 0.717) is 20.6 Å². The average molecular weight is 463 g/mol. The Bertz CT molecular complexity index is 906. The zero-order valence-electron chi connectivity index (χ0n) is 14.3. The van der Waals surface area contributed by atoms with E-state index in [0.717, 1.165) is 0 Å². The zero-order valence-corrected chi connectivity index (χ0v) is 17.3. The summed E-state index contributed by atoms with van der Waals surface area (Å²) in [4.78, 5) is 35.6. The van der Waals surface area contributed by atoms with Crippen LogP contribution >= 0.6 is 46.4 Å². The fourth-order valence-corrected chi connectivity index (χ4v) is 3.06. The van der Waals surface area contributed by atoms with Crippen LogP contribution in [0.1, 0.15) is 15.9 Å². The Morgan fingerprint density at radius 1 is 0.714 bits per heavy atom. The van der Waals surface area contributed by atoms with E-state index in [9.17, 15) is 14.4 Å². The molecule has 10 heteroatoms. The van der Waals surface area contributed by atoms with Crippen molar-refractivity contribution >= 4 is 64.1 Å². The summed E-state index contributed by atoms with van der Waals surface area (Å²) >= 11 is 23.5. The number of nitrogens with one attached hydrogen (secondary N) is 3. The van der Waals surface area contributed by atoms with E-state index < -0.39 is 17.7 Å². The van der Waals surface area contributed by atoms with Gasteiger partial charge in [0, 0.05) is 21.6 Å². The molecule has 0 saturated heterocycles. The number of carbonyl (C=O) groups is 3. The largest absolute Gasteiger partial charge is 0.350 e. The molecule has 2 aromatic rings. The van der Waals surface area contributed by atoms with Gasteiger partial charge in [0.05, 0.1) is 23.7 Å². The molecule has 148 valence electrons. The van der Waals surface area contributed by atoms with Crippen LogP contribution in [-0.4, -0.2) is 30.8 Å². The normalized spacial score (nSPS) is 10.3. The Labute approximate surface area is 181 Å². The Kier molecular flexibility index (Phi) is 8.38. The number of amides is 3. The van der Waals surface area contributed by atoms with Crippen LogP contribution in [0, 0.1) is 0 Å². The second-order valence-corrected chi connectivity index (χ2v) is 7.28. The van der Waals surface area contributed by atoms with E-state index in [1.54, 1.807) is 18.2 Å². The summed E-state index contributed by atoms with van der Waals surface area (Å²) in [6.07, 6.45) is 0. The fourth-order valence-electron chi connectivity index (χ4n) is 2.09. The van der Waals surface area contributed by atoms with E-state index in [2.05, 4.69) is 16.0 Å². The maximum Gasteiger partial charge on any atom is 0.253 e. The summed E-state index contributed by atoms with van der Waals surface area (Å²) in [5.41, 5.74) is 0.884. The zero-order chi connectivity index (χ0) is 20.7. The van der Waals surface area contributed by atoms with Gasteiger partial charge in [0.15, 0.2) is 0 Å². The summed E-state index contributed by atoms with van der Waals surface area (Å²) in [7, 11) is 0. The number of hydrogen-bond acceptors (Lipinski definition) is 3. The summed E-state index contributed by atoms with van der Waals surface area (Å²) in [5, 5.41) is 8.92. The highest BCUT2D eigenvalue weighted by atomic mass is 35.5. The Morgan fingerprint density at radius 2 is 1.29 bits per heavy atom. The highest BCUT2D eigenvalue weighted by Crippen LogP contribution is 2.21. The van der Waals surface area contributed by atoms with E-state index in [1.807, 2.05) is 0 Å². The fraction of sp³-hybridized carbons (Fsp3) is 0.167. The van der Waals surface area contributed by atoms with Gasteiger partial charge in [-0.05, 0) is 35.9 Å². The number of benzene rings is 2. The molecule has 0 aliphatic rings. The van der Waals surface area contributed by atoms with Gasteiger partial charge in [-0.25, -0.2) is 0 Å². The Balaban J connectivity index is 1.72. The van der Waals surface area contributed by atoms with Gasteiger partial charge in [0.1, 0.15) is 0 Å². The van der Waals surface area contributed by atoms with Crippen molar-refractivity contribution in [3.8, 4) is 0 Å². The molecule has 0 atom stereocenters. The molecular weight excluding hydrogens is 448 g/mol. The molecule has 0 radical (unpaired) electrons. The lowest BCUT2D eigenvalue weighted by atomic mass is 10.2. The molecular formula is C18H15Cl4N3O3. The summed E-state index contributed by atoms with van der Waals surface area (Å²) in [5.74, 6) is -1.47. The maximum atomic E-state index is 12.0. The van der Waals surface area contributed by atoms with Crippen LogP contribution in [-0.2, 0) is 16.1 Å². The van der Waals surface area contributed by atoms with Crippen LogP contribution in [0.3, 0.4) is 0 Å². The predicted molar refractivity (Wildman–Crippen MR) is 110 cm³/mol. The van der Waals surface area contributed by atoms with Crippen LogP contribution in [0.25, 0.3) is 0 Å². The highest BCUT2D eigenvalue weighted by Gasteiger charge is 2.13. The van der Waals surface area contributed by atoms with E-state index >= 15 is 0 Å². The third-order valence-corrected chi connectivity index (χ3v) is 4.66. The molecule has 3 N–H and O–H groups in total. The third kappa shape index (κ3) is 6.87. The minimum atomic E-state index is -0.530. The van der Waals surface area contributed by atoms with Gasteiger partial charge in [-0.2, -0.15) is 0 Å². The van der Waals surface area contributed by atoms with Gasteiger partial charge < -0.3 is 16.0 Å². The summed E-state index contributed by atoms with van der Waals surface area (Å²) < 4.78 is 0. The molecule has 0 saturated carbocycles. The average Bonchev–Trinajstić information content (AvgIpc) is 2.63. The number of hydrogen-bond donors (Lipinski definition) is 3. The molecule has 0 unspecified atom stereocenters. The summed E-state index contributed by atoms with van der Waals surface area (Å²) in [6, 6.07) is 9.32. The molecule has 0 spiro atoms. The molecule has 0 bridgehead atoms. The number of rotatable bonds is 7. The van der Waals surface area contributed by atoms with Crippen LogP contribution in [0.2, 0.25) is 20.1 Å².